The van der Waals surface area contributed by atoms with Crippen molar-refractivity contribution >= 4 is 5.69 Å². The first-order valence-corrected chi connectivity index (χ1v) is 5.28. The zero-order valence-corrected chi connectivity index (χ0v) is 9.70. The SMILES string of the molecule is Cc1nn(-c2ccc([N+](=O)[O-])cc2)cc1CC#N. The summed E-state index contributed by atoms with van der Waals surface area (Å²) in [6.07, 6.45) is 2.07. The summed E-state index contributed by atoms with van der Waals surface area (Å²) < 4.78 is 1.62. The van der Waals surface area contributed by atoms with E-state index < -0.39 is 4.92 Å². The van der Waals surface area contributed by atoms with Gasteiger partial charge in [-0.1, -0.05) is 0 Å². The lowest BCUT2D eigenvalue weighted by Gasteiger charge is -1.99. The van der Waals surface area contributed by atoms with Gasteiger partial charge in [0.25, 0.3) is 5.69 Å². The first kappa shape index (κ1) is 11.8. The van der Waals surface area contributed by atoms with Crippen molar-refractivity contribution in [3.05, 3.63) is 51.8 Å². The monoisotopic (exact) mass is 242 g/mol. The largest absolute Gasteiger partial charge is 0.269 e. The van der Waals surface area contributed by atoms with Crippen LogP contribution in [0.2, 0.25) is 0 Å². The fraction of sp³-hybridized carbons (Fsp3) is 0.167. The molecular formula is C12H10N4O2. The van der Waals surface area contributed by atoms with Crippen molar-refractivity contribution in [2.75, 3.05) is 0 Å². The molecule has 0 fully saturated rings. The third kappa shape index (κ3) is 2.20. The van der Waals surface area contributed by atoms with E-state index in [2.05, 4.69) is 11.2 Å². The lowest BCUT2D eigenvalue weighted by Crippen LogP contribution is -1.95. The number of aromatic nitrogens is 2. The number of nitriles is 1. The maximum absolute atomic E-state index is 10.5. The molecule has 0 N–H and O–H groups in total. The molecule has 0 spiro atoms. The summed E-state index contributed by atoms with van der Waals surface area (Å²) in [5.74, 6) is 0. The first-order valence-electron chi connectivity index (χ1n) is 5.28. The molecule has 0 saturated heterocycles. The molecule has 0 bridgehead atoms. The molecule has 0 saturated carbocycles. The predicted octanol–water partition coefficient (Wildman–Crippen LogP) is 2.16. The van der Waals surface area contributed by atoms with Crippen LogP contribution < -0.4 is 0 Å². The molecule has 2 rings (SSSR count). The fourth-order valence-corrected chi connectivity index (χ4v) is 1.61. The lowest BCUT2D eigenvalue weighted by atomic mass is 10.2. The second-order valence-corrected chi connectivity index (χ2v) is 3.79. The van der Waals surface area contributed by atoms with Crippen LogP contribution in [0.1, 0.15) is 11.3 Å². The van der Waals surface area contributed by atoms with Crippen molar-refractivity contribution in [3.63, 3.8) is 0 Å². The van der Waals surface area contributed by atoms with E-state index >= 15 is 0 Å². The van der Waals surface area contributed by atoms with Gasteiger partial charge in [-0.25, -0.2) is 4.68 Å². The van der Waals surface area contributed by atoms with E-state index in [1.54, 1.807) is 23.0 Å². The van der Waals surface area contributed by atoms with E-state index in [-0.39, 0.29) is 5.69 Å². The Morgan fingerprint density at radius 2 is 2.11 bits per heavy atom. The molecule has 1 aromatic carbocycles. The second-order valence-electron chi connectivity index (χ2n) is 3.79. The number of hydrogen-bond acceptors (Lipinski definition) is 4. The van der Waals surface area contributed by atoms with Gasteiger partial charge in [0.05, 0.1) is 28.8 Å². The number of aryl methyl sites for hydroxylation is 1. The smallest absolute Gasteiger partial charge is 0.258 e. The predicted molar refractivity (Wildman–Crippen MR) is 64.3 cm³/mol. The molecule has 0 aliphatic heterocycles. The van der Waals surface area contributed by atoms with Gasteiger partial charge in [-0.05, 0) is 19.1 Å². The Hall–Kier alpha value is -2.68. The van der Waals surface area contributed by atoms with Crippen LogP contribution in [0, 0.1) is 28.4 Å². The molecule has 1 aromatic heterocycles. The summed E-state index contributed by atoms with van der Waals surface area (Å²) in [4.78, 5) is 10.1. The Morgan fingerprint density at radius 1 is 1.44 bits per heavy atom. The minimum atomic E-state index is -0.445. The highest BCUT2D eigenvalue weighted by Crippen LogP contribution is 2.16. The fourth-order valence-electron chi connectivity index (χ4n) is 1.61. The van der Waals surface area contributed by atoms with Gasteiger partial charge < -0.3 is 0 Å². The average molecular weight is 242 g/mol. The van der Waals surface area contributed by atoms with Crippen molar-refractivity contribution in [2.24, 2.45) is 0 Å². The van der Waals surface area contributed by atoms with Gasteiger partial charge in [-0.15, -0.1) is 0 Å². The molecule has 1 heterocycles. The van der Waals surface area contributed by atoms with Gasteiger partial charge in [0.15, 0.2) is 0 Å². The summed E-state index contributed by atoms with van der Waals surface area (Å²) in [6, 6.07) is 8.18. The van der Waals surface area contributed by atoms with Gasteiger partial charge in [-0.3, -0.25) is 10.1 Å². The molecule has 0 radical (unpaired) electrons. The van der Waals surface area contributed by atoms with E-state index in [1.165, 1.54) is 12.1 Å². The summed E-state index contributed by atoms with van der Waals surface area (Å²) in [5.41, 5.74) is 2.42. The Balaban J connectivity index is 2.34. The number of nitro benzene ring substituents is 1. The molecule has 6 nitrogen and oxygen atoms in total. The number of non-ortho nitro benzene ring substituents is 1. The van der Waals surface area contributed by atoms with E-state index in [0.29, 0.717) is 6.42 Å². The van der Waals surface area contributed by atoms with Crippen LogP contribution in [-0.2, 0) is 6.42 Å². The highest BCUT2D eigenvalue weighted by molar-refractivity contribution is 5.41. The van der Waals surface area contributed by atoms with Gasteiger partial charge >= 0.3 is 0 Å². The van der Waals surface area contributed by atoms with Crippen LogP contribution in [0.5, 0.6) is 0 Å². The Kier molecular flexibility index (Phi) is 3.06. The van der Waals surface area contributed by atoms with Crippen molar-refractivity contribution in [1.29, 1.82) is 5.26 Å². The molecule has 6 heteroatoms. The molecule has 0 amide bonds. The Labute approximate surface area is 103 Å². The molecule has 18 heavy (non-hydrogen) atoms. The topological polar surface area (TPSA) is 84.8 Å². The molecule has 2 aromatic rings. The van der Waals surface area contributed by atoms with Crippen LogP contribution in [0.25, 0.3) is 5.69 Å². The molecule has 90 valence electrons. The quantitative estimate of drug-likeness (QED) is 0.609. The van der Waals surface area contributed by atoms with Crippen LogP contribution >= 0.6 is 0 Å². The third-order valence-corrected chi connectivity index (χ3v) is 2.60. The molecule has 0 atom stereocenters. The average Bonchev–Trinajstić information content (AvgIpc) is 2.72. The van der Waals surface area contributed by atoms with E-state index in [9.17, 15) is 10.1 Å². The Bertz CT molecular complexity index is 623. The van der Waals surface area contributed by atoms with Gasteiger partial charge in [0.1, 0.15) is 0 Å². The third-order valence-electron chi connectivity index (χ3n) is 2.60. The minimum Gasteiger partial charge on any atom is -0.258 e. The van der Waals surface area contributed by atoms with Crippen molar-refractivity contribution in [2.45, 2.75) is 13.3 Å². The normalized spacial score (nSPS) is 10.0. The molecular weight excluding hydrogens is 232 g/mol. The Morgan fingerprint density at radius 3 is 2.67 bits per heavy atom. The van der Waals surface area contributed by atoms with Crippen LogP contribution in [0.15, 0.2) is 30.5 Å². The highest BCUT2D eigenvalue weighted by Gasteiger charge is 2.08. The number of hydrogen-bond donors (Lipinski definition) is 0. The first-order chi connectivity index (χ1) is 8.61. The van der Waals surface area contributed by atoms with Gasteiger partial charge in [0, 0.05) is 23.9 Å². The van der Waals surface area contributed by atoms with Crippen molar-refractivity contribution in [3.8, 4) is 11.8 Å². The number of benzene rings is 1. The maximum atomic E-state index is 10.5. The van der Waals surface area contributed by atoms with E-state index in [0.717, 1.165) is 16.9 Å². The van der Waals surface area contributed by atoms with Crippen molar-refractivity contribution in [1.82, 2.24) is 9.78 Å². The summed E-state index contributed by atoms with van der Waals surface area (Å²) in [6.45, 7) is 1.83. The molecule has 0 aliphatic rings. The maximum Gasteiger partial charge on any atom is 0.269 e. The second kappa shape index (κ2) is 4.67. The summed E-state index contributed by atoms with van der Waals surface area (Å²) in [7, 11) is 0. The van der Waals surface area contributed by atoms with E-state index in [4.69, 9.17) is 5.26 Å². The number of rotatable bonds is 3. The van der Waals surface area contributed by atoms with Gasteiger partial charge in [-0.2, -0.15) is 10.4 Å². The lowest BCUT2D eigenvalue weighted by molar-refractivity contribution is -0.384. The number of nitrogens with zero attached hydrogens (tertiary/aromatic N) is 4. The summed E-state index contributed by atoms with van der Waals surface area (Å²) in [5, 5.41) is 23.5. The van der Waals surface area contributed by atoms with Crippen LogP contribution in [0.4, 0.5) is 5.69 Å². The molecule has 0 aliphatic carbocycles. The zero-order valence-electron chi connectivity index (χ0n) is 9.70. The number of nitro groups is 1. The van der Waals surface area contributed by atoms with Gasteiger partial charge in [0.2, 0.25) is 0 Å². The zero-order chi connectivity index (χ0) is 13.1. The summed E-state index contributed by atoms with van der Waals surface area (Å²) >= 11 is 0. The van der Waals surface area contributed by atoms with Crippen LogP contribution in [-0.4, -0.2) is 14.7 Å². The minimum absolute atomic E-state index is 0.0416. The van der Waals surface area contributed by atoms with E-state index in [1.807, 2.05) is 6.92 Å². The highest BCUT2D eigenvalue weighted by atomic mass is 16.6. The standard InChI is InChI=1S/C12H10N4O2/c1-9-10(6-7-13)8-15(14-9)11-2-4-12(5-3-11)16(17)18/h2-5,8H,6H2,1H3. The van der Waals surface area contributed by atoms with Crippen LogP contribution in [0.3, 0.4) is 0 Å². The molecule has 0 unspecified atom stereocenters. The van der Waals surface area contributed by atoms with Crippen molar-refractivity contribution < 1.29 is 4.92 Å².